The van der Waals surface area contributed by atoms with Gasteiger partial charge in [-0.2, -0.15) is 0 Å². The van der Waals surface area contributed by atoms with Crippen LogP contribution in [0.15, 0.2) is 97.2 Å². The van der Waals surface area contributed by atoms with E-state index < -0.39 is 67.3 Å². The number of aliphatic carboxylic acids is 1. The van der Waals surface area contributed by atoms with E-state index in [1.54, 1.807) is 0 Å². The zero-order chi connectivity index (χ0) is 57.5. The van der Waals surface area contributed by atoms with Gasteiger partial charge >= 0.3 is 23.9 Å². The molecule has 0 amide bonds. The number of unbranched alkanes of at least 4 members (excludes halogenated alkanes) is 22. The fourth-order valence-electron chi connectivity index (χ4n) is 8.90. The first-order chi connectivity index (χ1) is 38.6. The minimum absolute atomic E-state index is 0.0347. The Kier molecular flexibility index (Phi) is 49.9. The molecule has 0 bridgehead atoms. The maximum Gasteiger partial charge on any atom is 0.335 e. The van der Waals surface area contributed by atoms with Crippen molar-refractivity contribution < 1.29 is 58.2 Å². The number of carboxylic acids is 1. The number of ether oxygens (including phenoxy) is 5. The number of carboxylic acid groups (broad SMARTS) is 1. The number of aliphatic hydroxyl groups is 2. The van der Waals surface area contributed by atoms with Gasteiger partial charge in [-0.05, 0) is 116 Å². The third kappa shape index (κ3) is 44.0. The summed E-state index contributed by atoms with van der Waals surface area (Å²) in [5, 5.41) is 31.5. The summed E-state index contributed by atoms with van der Waals surface area (Å²) in [6.07, 6.45) is 59.4. The molecule has 1 saturated heterocycles. The van der Waals surface area contributed by atoms with Crippen LogP contribution in [0, 0.1) is 0 Å². The van der Waals surface area contributed by atoms with Crippen molar-refractivity contribution in [3.8, 4) is 0 Å². The van der Waals surface area contributed by atoms with Crippen molar-refractivity contribution in [2.24, 2.45) is 0 Å². The van der Waals surface area contributed by atoms with Crippen molar-refractivity contribution in [1.82, 2.24) is 0 Å². The number of allylic oxidation sites excluding steroid dienone is 16. The van der Waals surface area contributed by atoms with E-state index in [0.717, 1.165) is 135 Å². The highest BCUT2D eigenvalue weighted by atomic mass is 16.7. The van der Waals surface area contributed by atoms with E-state index in [-0.39, 0.29) is 25.9 Å². The van der Waals surface area contributed by atoms with E-state index >= 15 is 0 Å². The van der Waals surface area contributed by atoms with Crippen LogP contribution in [0.3, 0.4) is 0 Å². The van der Waals surface area contributed by atoms with Gasteiger partial charge in [-0.25, -0.2) is 4.79 Å². The van der Waals surface area contributed by atoms with Crippen molar-refractivity contribution in [2.75, 3.05) is 13.2 Å². The second-order valence-corrected chi connectivity index (χ2v) is 20.9. The van der Waals surface area contributed by atoms with E-state index in [4.69, 9.17) is 23.7 Å². The minimum Gasteiger partial charge on any atom is -0.479 e. The van der Waals surface area contributed by atoms with Gasteiger partial charge in [0.1, 0.15) is 18.8 Å². The van der Waals surface area contributed by atoms with Gasteiger partial charge in [-0.15, -0.1) is 0 Å². The number of carbonyl (C=O) groups is 4. The molecule has 12 nitrogen and oxygen atoms in total. The normalized spacial score (nSPS) is 18.5. The topological polar surface area (TPSA) is 175 Å². The molecule has 12 heteroatoms. The molecule has 0 radical (unpaired) electrons. The zero-order valence-corrected chi connectivity index (χ0v) is 49.6. The van der Waals surface area contributed by atoms with Crippen LogP contribution in [0.4, 0.5) is 0 Å². The first-order valence-corrected chi connectivity index (χ1v) is 31.2. The lowest BCUT2D eigenvalue weighted by Crippen LogP contribution is -2.61. The van der Waals surface area contributed by atoms with Gasteiger partial charge in [0.2, 0.25) is 0 Å². The summed E-state index contributed by atoms with van der Waals surface area (Å²) in [5.41, 5.74) is 0. The Hall–Kier alpha value is -4.36. The molecule has 6 unspecified atom stereocenters. The average molecular weight is 1110 g/mol. The molecule has 0 saturated carbocycles. The van der Waals surface area contributed by atoms with Crippen LogP contribution in [-0.2, 0) is 42.9 Å². The highest BCUT2D eigenvalue weighted by Crippen LogP contribution is 2.26. The maximum absolute atomic E-state index is 13.2. The fourth-order valence-corrected chi connectivity index (χ4v) is 8.90. The molecule has 0 aromatic carbocycles. The summed E-state index contributed by atoms with van der Waals surface area (Å²) >= 11 is 0. The molecule has 1 fully saturated rings. The van der Waals surface area contributed by atoms with Gasteiger partial charge in [-0.3, -0.25) is 14.4 Å². The van der Waals surface area contributed by atoms with E-state index in [9.17, 15) is 34.5 Å². The van der Waals surface area contributed by atoms with E-state index in [2.05, 4.69) is 118 Å². The lowest BCUT2D eigenvalue weighted by Gasteiger charge is -2.40. The summed E-state index contributed by atoms with van der Waals surface area (Å²) in [6.45, 7) is 5.73. The van der Waals surface area contributed by atoms with Crippen molar-refractivity contribution in [2.45, 2.75) is 289 Å². The SMILES string of the molecule is CC/C=C\C/C=C\C/C=C\CCCCCCCC(=O)OC(COC(=O)CCCCCCCCCCC/C=C\C/C=C\CCCCC)COC1OC(C(=O)O)C(O)C(O)C1OC(=O)CCCCCCC/C=C\C/C=C\C/C=C\CC. The third-order valence-corrected chi connectivity index (χ3v) is 13.6. The highest BCUT2D eigenvalue weighted by molar-refractivity contribution is 5.74. The van der Waals surface area contributed by atoms with Gasteiger partial charge in [0.15, 0.2) is 24.6 Å². The predicted octanol–water partition coefficient (Wildman–Crippen LogP) is 16.5. The Morgan fingerprint density at radius 1 is 0.430 bits per heavy atom. The van der Waals surface area contributed by atoms with Crippen LogP contribution < -0.4 is 0 Å². The number of aliphatic hydroxyl groups excluding tert-OH is 2. The number of esters is 3. The summed E-state index contributed by atoms with van der Waals surface area (Å²) in [4.78, 5) is 51.2. The highest BCUT2D eigenvalue weighted by Gasteiger charge is 2.50. The third-order valence-electron chi connectivity index (χ3n) is 13.6. The number of hydrogen-bond donors (Lipinski definition) is 3. The van der Waals surface area contributed by atoms with Gasteiger partial charge in [0.25, 0.3) is 0 Å². The molecule has 79 heavy (non-hydrogen) atoms. The minimum atomic E-state index is -1.92. The largest absolute Gasteiger partial charge is 0.479 e. The molecule has 0 aromatic heterocycles. The number of carbonyl (C=O) groups excluding carboxylic acids is 3. The molecule has 1 aliphatic heterocycles. The average Bonchev–Trinajstić information content (AvgIpc) is 3.46. The van der Waals surface area contributed by atoms with Crippen molar-refractivity contribution >= 4 is 23.9 Å². The first-order valence-electron chi connectivity index (χ1n) is 31.2. The second kappa shape index (κ2) is 54.2. The Balaban J connectivity index is 2.69. The predicted molar refractivity (Wildman–Crippen MR) is 321 cm³/mol. The fraction of sp³-hybridized carbons (Fsp3) is 0.701. The molecule has 0 spiro atoms. The second-order valence-electron chi connectivity index (χ2n) is 20.9. The van der Waals surface area contributed by atoms with Crippen LogP contribution in [0.5, 0.6) is 0 Å². The molecule has 1 rings (SSSR count). The summed E-state index contributed by atoms with van der Waals surface area (Å²) in [5.74, 6) is -3.17. The van der Waals surface area contributed by atoms with Crippen LogP contribution in [0.25, 0.3) is 0 Å². The molecule has 0 aromatic rings. The Morgan fingerprint density at radius 3 is 1.22 bits per heavy atom. The first kappa shape index (κ1) is 72.7. The van der Waals surface area contributed by atoms with E-state index in [0.29, 0.717) is 19.3 Å². The van der Waals surface area contributed by atoms with Gasteiger partial charge in [0, 0.05) is 19.3 Å². The maximum atomic E-state index is 13.2. The van der Waals surface area contributed by atoms with Gasteiger partial charge in [0.05, 0.1) is 6.61 Å². The van der Waals surface area contributed by atoms with E-state index in [1.807, 2.05) is 0 Å². The smallest absolute Gasteiger partial charge is 0.335 e. The molecule has 1 heterocycles. The van der Waals surface area contributed by atoms with Gasteiger partial charge < -0.3 is 39.0 Å². The lowest BCUT2D eigenvalue weighted by molar-refractivity contribution is -0.301. The summed E-state index contributed by atoms with van der Waals surface area (Å²) < 4.78 is 28.5. The molecular formula is C67H110O12. The monoisotopic (exact) mass is 1110 g/mol. The molecular weight excluding hydrogens is 997 g/mol. The standard InChI is InChI=1S/C67H110O12/c1-4-7-10-13-16-19-22-25-28-29-30-31-34-35-38-41-44-47-50-53-59(68)75-56-58(77-60(69)54-51-48-45-42-39-36-32-26-23-20-17-14-11-8-5-2)57-76-67-65(63(72)62(71)64(79-67)66(73)74)78-61(70)55-52-49-46-43-40-37-33-27-24-21-18-15-12-9-6-3/h8-9,11-12,16-21,25-28,32-33,58,62-65,67,71-72H,4-7,10,13-15,22-24,29-31,34-57H2,1-3H3,(H,73,74)/b11-8-,12-9-,19-16-,20-17-,21-18-,28-25-,32-26-,33-27-. The van der Waals surface area contributed by atoms with Crippen LogP contribution in [-0.4, -0.2) is 89.2 Å². The number of hydrogen-bond acceptors (Lipinski definition) is 11. The number of rotatable bonds is 52. The zero-order valence-electron chi connectivity index (χ0n) is 49.6. The van der Waals surface area contributed by atoms with Crippen molar-refractivity contribution in [3.05, 3.63) is 97.2 Å². The Morgan fingerprint density at radius 2 is 0.797 bits per heavy atom. The van der Waals surface area contributed by atoms with Crippen molar-refractivity contribution in [1.29, 1.82) is 0 Å². The Labute approximate surface area is 479 Å². The molecule has 450 valence electrons. The molecule has 3 N–H and O–H groups in total. The van der Waals surface area contributed by atoms with Crippen LogP contribution in [0.2, 0.25) is 0 Å². The van der Waals surface area contributed by atoms with Crippen molar-refractivity contribution in [3.63, 3.8) is 0 Å². The molecule has 1 aliphatic rings. The molecule has 0 aliphatic carbocycles. The van der Waals surface area contributed by atoms with Gasteiger partial charge in [-0.1, -0.05) is 214 Å². The summed E-state index contributed by atoms with van der Waals surface area (Å²) in [7, 11) is 0. The Bertz CT molecular complexity index is 1740. The van der Waals surface area contributed by atoms with Crippen LogP contribution in [0.1, 0.15) is 252 Å². The quantitative estimate of drug-likeness (QED) is 0.0228. The van der Waals surface area contributed by atoms with E-state index in [1.165, 1.54) is 57.8 Å². The molecule has 6 atom stereocenters. The van der Waals surface area contributed by atoms with Crippen LogP contribution >= 0.6 is 0 Å². The lowest BCUT2D eigenvalue weighted by atomic mass is 9.98. The summed E-state index contributed by atoms with van der Waals surface area (Å²) in [6, 6.07) is 0.